The third kappa shape index (κ3) is 4.17. The molecule has 0 radical (unpaired) electrons. The van der Waals surface area contributed by atoms with Gasteiger partial charge in [-0.2, -0.15) is 0 Å². The van der Waals surface area contributed by atoms with Gasteiger partial charge in [0.25, 0.3) is 0 Å². The van der Waals surface area contributed by atoms with Gasteiger partial charge in [-0.25, -0.2) is 4.79 Å². The number of esters is 2. The Hall–Kier alpha value is -1.91. The van der Waals surface area contributed by atoms with E-state index in [1.165, 1.54) is 18.8 Å². The maximum Gasteiger partial charge on any atom is 0.330 e. The quantitative estimate of drug-likeness (QED) is 0.197. The summed E-state index contributed by atoms with van der Waals surface area (Å²) >= 11 is 0. The third-order valence-corrected chi connectivity index (χ3v) is 13.6. The van der Waals surface area contributed by atoms with Gasteiger partial charge in [-0.3, -0.25) is 9.59 Å². The molecular weight excluding hydrogens is 512 g/mol. The average Bonchev–Trinajstić information content (AvgIpc) is 2.85. The first-order chi connectivity index (χ1) is 18.9. The molecule has 0 unspecified atom stereocenters. The van der Waals surface area contributed by atoms with Crippen LogP contribution in [0.5, 0.6) is 0 Å². The van der Waals surface area contributed by atoms with Gasteiger partial charge in [0.2, 0.25) is 0 Å². The van der Waals surface area contributed by atoms with Crippen molar-refractivity contribution >= 4 is 17.7 Å². The van der Waals surface area contributed by atoms with Gasteiger partial charge in [0.15, 0.2) is 0 Å². The van der Waals surface area contributed by atoms with E-state index in [0.29, 0.717) is 36.9 Å². The summed E-state index contributed by atoms with van der Waals surface area (Å²) in [5.41, 5.74) is 1.16. The zero-order valence-corrected chi connectivity index (χ0v) is 27.4. The van der Waals surface area contributed by atoms with Crippen LogP contribution in [0.15, 0.2) is 23.3 Å². The Morgan fingerprint density at radius 3 is 2.24 bits per heavy atom. The molecule has 0 amide bonds. The third-order valence-electron chi connectivity index (χ3n) is 13.6. The number of hydrogen-bond donors (Lipinski definition) is 0. The maximum absolute atomic E-state index is 13.9. The molecule has 5 rings (SSSR count). The number of carbonyl (C=O) groups excluding carboxylic acids is 3. The summed E-state index contributed by atoms with van der Waals surface area (Å²) in [5.74, 6) is 0.691. The van der Waals surface area contributed by atoms with Gasteiger partial charge >= 0.3 is 11.9 Å². The molecule has 0 aromatic rings. The summed E-state index contributed by atoms with van der Waals surface area (Å²) in [4.78, 5) is 40.0. The van der Waals surface area contributed by atoms with Crippen molar-refractivity contribution in [2.24, 2.45) is 50.2 Å². The van der Waals surface area contributed by atoms with Gasteiger partial charge in [0.1, 0.15) is 17.3 Å². The molecule has 5 aliphatic carbocycles. The summed E-state index contributed by atoms with van der Waals surface area (Å²) in [6.07, 6.45) is 11.4. The Bertz CT molecular complexity index is 1200. The second kappa shape index (κ2) is 9.55. The van der Waals surface area contributed by atoms with Crippen molar-refractivity contribution in [2.75, 3.05) is 7.11 Å². The number of allylic oxidation sites excluding steroid dienone is 3. The van der Waals surface area contributed by atoms with Crippen LogP contribution >= 0.6 is 0 Å². The smallest absolute Gasteiger partial charge is 0.330 e. The summed E-state index contributed by atoms with van der Waals surface area (Å²) in [6, 6.07) is 0. The summed E-state index contributed by atoms with van der Waals surface area (Å²) in [7, 11) is 1.48. The van der Waals surface area contributed by atoms with Gasteiger partial charge in [0.05, 0.1) is 7.11 Å². The van der Waals surface area contributed by atoms with Crippen molar-refractivity contribution in [1.82, 2.24) is 0 Å². The second-order valence-electron chi connectivity index (χ2n) is 16.7. The Morgan fingerprint density at radius 2 is 1.61 bits per heavy atom. The standard InChI is InChI=1S/C36H54O5/c1-22(2)19-29(38)41-28-21-31(3,4)20-24-23-11-12-26-33(7)15-14-27(37)32(5,6)25(33)13-16-35(26,9)34(23,8)17-18-36(24,28)30(39)40-10/h11,19,24-26,28H,12-18,20-21H2,1-10H3/t24-,25-,26+,28+,33-,34+,35+,36-/m0/s1. The van der Waals surface area contributed by atoms with E-state index in [1.807, 2.05) is 13.8 Å². The lowest BCUT2D eigenvalue weighted by Gasteiger charge is -2.70. The van der Waals surface area contributed by atoms with E-state index in [2.05, 4.69) is 54.5 Å². The van der Waals surface area contributed by atoms with Crippen molar-refractivity contribution in [3.63, 3.8) is 0 Å². The molecule has 0 saturated heterocycles. The molecule has 41 heavy (non-hydrogen) atoms. The maximum atomic E-state index is 13.9. The summed E-state index contributed by atoms with van der Waals surface area (Å²) in [5, 5.41) is 0. The van der Waals surface area contributed by atoms with E-state index in [4.69, 9.17) is 9.47 Å². The van der Waals surface area contributed by atoms with Crippen LogP contribution in [0.25, 0.3) is 0 Å². The van der Waals surface area contributed by atoms with Gasteiger partial charge in [-0.05, 0) is 98.7 Å². The van der Waals surface area contributed by atoms with Crippen molar-refractivity contribution < 1.29 is 23.9 Å². The normalized spacial score (nSPS) is 44.1. The van der Waals surface area contributed by atoms with Crippen LogP contribution in [0, 0.1) is 50.2 Å². The van der Waals surface area contributed by atoms with E-state index in [0.717, 1.165) is 44.1 Å². The summed E-state index contributed by atoms with van der Waals surface area (Å²) < 4.78 is 11.8. The minimum atomic E-state index is -0.871. The lowest BCUT2D eigenvalue weighted by Crippen LogP contribution is -2.66. The van der Waals surface area contributed by atoms with Gasteiger partial charge < -0.3 is 9.47 Å². The van der Waals surface area contributed by atoms with Crippen LogP contribution in [0.3, 0.4) is 0 Å². The van der Waals surface area contributed by atoms with Crippen LogP contribution in [0.1, 0.15) is 120 Å². The highest BCUT2D eigenvalue weighted by Crippen LogP contribution is 2.75. The number of ether oxygens (including phenoxy) is 2. The number of methoxy groups -OCH3 is 1. The lowest BCUT2D eigenvalue weighted by molar-refractivity contribution is -0.207. The molecule has 0 aliphatic heterocycles. The fraction of sp³-hybridized carbons (Fsp3) is 0.806. The number of hydrogen-bond acceptors (Lipinski definition) is 5. The minimum absolute atomic E-state index is 0.0327. The largest absolute Gasteiger partial charge is 0.468 e. The molecule has 4 saturated carbocycles. The molecule has 0 spiro atoms. The molecule has 5 aliphatic rings. The van der Waals surface area contributed by atoms with E-state index < -0.39 is 11.5 Å². The lowest BCUT2D eigenvalue weighted by atomic mass is 9.33. The molecule has 0 heterocycles. The molecule has 0 aromatic heterocycles. The van der Waals surface area contributed by atoms with E-state index >= 15 is 0 Å². The van der Waals surface area contributed by atoms with Crippen LogP contribution in [-0.4, -0.2) is 30.9 Å². The highest BCUT2D eigenvalue weighted by molar-refractivity contribution is 5.86. The van der Waals surface area contributed by atoms with Gasteiger partial charge in [-0.1, -0.05) is 65.7 Å². The Kier molecular flexibility index (Phi) is 7.11. The van der Waals surface area contributed by atoms with Crippen LogP contribution in [0.4, 0.5) is 0 Å². The number of ketones is 1. The molecular formula is C36H54O5. The molecule has 8 atom stereocenters. The van der Waals surface area contributed by atoms with E-state index in [1.54, 1.807) is 0 Å². The van der Waals surface area contributed by atoms with Crippen LogP contribution < -0.4 is 0 Å². The zero-order chi connectivity index (χ0) is 30.4. The predicted octanol–water partition coefficient (Wildman–Crippen LogP) is 8.02. The van der Waals surface area contributed by atoms with Crippen molar-refractivity contribution in [3.8, 4) is 0 Å². The Balaban J connectivity index is 1.61. The fourth-order valence-electron chi connectivity index (χ4n) is 11.3. The highest BCUT2D eigenvalue weighted by Gasteiger charge is 2.71. The van der Waals surface area contributed by atoms with Crippen molar-refractivity contribution in [1.29, 1.82) is 0 Å². The van der Waals surface area contributed by atoms with Crippen molar-refractivity contribution in [2.45, 2.75) is 126 Å². The molecule has 4 fully saturated rings. The SMILES string of the molecule is COC(=O)[C@@]12CC[C@]3(C)C(=CC[C@@H]4[C@@]5(C)CCC(=O)C(C)(C)[C@@H]5CC[C@]43C)[C@@H]1CC(C)(C)C[C@H]2OC(=O)C=C(C)C. The van der Waals surface area contributed by atoms with Gasteiger partial charge in [-0.15, -0.1) is 0 Å². The summed E-state index contributed by atoms with van der Waals surface area (Å²) in [6.45, 7) is 20.2. The molecule has 0 aromatic carbocycles. The average molecular weight is 567 g/mol. The Morgan fingerprint density at radius 1 is 0.927 bits per heavy atom. The van der Waals surface area contributed by atoms with E-state index in [-0.39, 0.29) is 44.9 Å². The Labute approximate surface area is 248 Å². The topological polar surface area (TPSA) is 69.7 Å². The monoisotopic (exact) mass is 566 g/mol. The fourth-order valence-corrected chi connectivity index (χ4v) is 11.3. The first-order valence-electron chi connectivity index (χ1n) is 16.1. The van der Waals surface area contributed by atoms with Gasteiger partial charge in [0, 0.05) is 23.8 Å². The second-order valence-corrected chi connectivity index (χ2v) is 16.7. The minimum Gasteiger partial charge on any atom is -0.468 e. The first-order valence-corrected chi connectivity index (χ1v) is 16.1. The zero-order valence-electron chi connectivity index (χ0n) is 27.4. The number of carbonyl (C=O) groups is 3. The predicted molar refractivity (Wildman–Crippen MR) is 161 cm³/mol. The highest BCUT2D eigenvalue weighted by atomic mass is 16.6. The molecule has 0 bridgehead atoms. The number of rotatable bonds is 3. The molecule has 0 N–H and O–H groups in total. The molecule has 228 valence electrons. The van der Waals surface area contributed by atoms with E-state index in [9.17, 15) is 14.4 Å². The van der Waals surface area contributed by atoms with Crippen molar-refractivity contribution in [3.05, 3.63) is 23.3 Å². The number of fused-ring (bicyclic) bond motifs is 7. The van der Waals surface area contributed by atoms with Crippen LogP contribution in [-0.2, 0) is 23.9 Å². The van der Waals surface area contributed by atoms with Crippen LogP contribution in [0.2, 0.25) is 0 Å². The molecule has 5 heteroatoms. The molecule has 5 nitrogen and oxygen atoms in total. The number of Topliss-reactive ketones (excluding diaryl/α,β-unsaturated/α-hetero) is 1. The first kappa shape index (κ1) is 30.5.